The highest BCUT2D eigenvalue weighted by atomic mass is 15.2. The second kappa shape index (κ2) is 18.9. The van der Waals surface area contributed by atoms with Crippen LogP contribution in [-0.2, 0) is 0 Å². The van der Waals surface area contributed by atoms with Crippen LogP contribution in [0.1, 0.15) is 0 Å². The molecule has 0 atom stereocenters. The minimum Gasteiger partial charge on any atom is -0.311 e. The van der Waals surface area contributed by atoms with Crippen molar-refractivity contribution in [1.82, 2.24) is 9.13 Å². The van der Waals surface area contributed by atoms with E-state index in [1.54, 1.807) is 0 Å². The highest BCUT2D eigenvalue weighted by molar-refractivity contribution is 7.00. The lowest BCUT2D eigenvalue weighted by atomic mass is 9.33. The van der Waals surface area contributed by atoms with Gasteiger partial charge in [-0.3, -0.25) is 0 Å². The molecule has 4 nitrogen and oxygen atoms in total. The molecule has 17 rings (SSSR count). The van der Waals surface area contributed by atoms with Gasteiger partial charge in [0.25, 0.3) is 6.71 Å². The normalized spacial score (nSPS) is 12.5. The number of hydrogen-bond donors (Lipinski definition) is 0. The maximum Gasteiger partial charge on any atom is 0.252 e. The molecule has 386 valence electrons. The summed E-state index contributed by atoms with van der Waals surface area (Å²) < 4.78 is 5.06. The SMILES string of the molecule is c1ccc(-c2ccccc2N2c3ccc(-n4c5ccccc5c5cccc(-c6ccccc6)c54)cc3B3c4cc(-n5c6ccccc6c6cccc(-c7ccccc7)c65)ccc4N(c4ccccc4-c4ccccc4)c4cccc2c43)cc1. The van der Waals surface area contributed by atoms with Crippen LogP contribution in [0.5, 0.6) is 0 Å². The molecule has 13 aromatic carbocycles. The van der Waals surface area contributed by atoms with Gasteiger partial charge in [-0.1, -0.05) is 237 Å². The van der Waals surface area contributed by atoms with E-state index >= 15 is 0 Å². The van der Waals surface area contributed by atoms with E-state index in [0.29, 0.717) is 0 Å². The average molecular weight is 1060 g/mol. The summed E-state index contributed by atoms with van der Waals surface area (Å²) in [5.41, 5.74) is 27.0. The molecule has 2 aliphatic rings. The van der Waals surface area contributed by atoms with Crippen molar-refractivity contribution in [3.8, 4) is 55.9 Å². The maximum atomic E-state index is 2.56. The zero-order chi connectivity index (χ0) is 54.5. The largest absolute Gasteiger partial charge is 0.311 e. The molecule has 15 aromatic rings. The van der Waals surface area contributed by atoms with Gasteiger partial charge in [0.15, 0.2) is 0 Å². The minimum absolute atomic E-state index is 0.199. The van der Waals surface area contributed by atoms with Crippen molar-refractivity contribution in [3.05, 3.63) is 309 Å². The van der Waals surface area contributed by atoms with E-state index in [0.717, 1.165) is 45.5 Å². The van der Waals surface area contributed by atoms with Crippen LogP contribution >= 0.6 is 0 Å². The van der Waals surface area contributed by atoms with Gasteiger partial charge >= 0.3 is 0 Å². The van der Waals surface area contributed by atoms with Gasteiger partial charge in [0, 0.05) is 77.9 Å². The average Bonchev–Trinajstić information content (AvgIpc) is 1.41. The Labute approximate surface area is 482 Å². The molecule has 0 spiro atoms. The standard InChI is InChI=1S/C78H51BN4/c1-5-24-52(25-6-1)58-32-13-17-40-68(58)82-72-48-46-56(80-70-42-19-15-34-62(70)64-38-21-36-60(77(64)80)54-28-9-3-10-29-54)50-66(72)79-67-51-57(81-71-43-20-16-35-63(71)65-39-22-37-61(78(65)81)55-30-11-4-12-31-55)47-49-73(67)83(75-45-23-44-74(82)76(75)79)69-41-18-14-33-59(69)53-26-7-2-8-27-53/h1-51H. The van der Waals surface area contributed by atoms with Crippen LogP contribution in [0.4, 0.5) is 34.1 Å². The summed E-state index contributed by atoms with van der Waals surface area (Å²) in [6.45, 7) is -0.199. The third kappa shape index (κ3) is 7.21. The topological polar surface area (TPSA) is 16.3 Å². The van der Waals surface area contributed by atoms with Crippen molar-refractivity contribution >= 4 is 101 Å². The summed E-state index contributed by atoms with van der Waals surface area (Å²) in [4.78, 5) is 5.13. The summed E-state index contributed by atoms with van der Waals surface area (Å²) in [5.74, 6) is 0. The summed E-state index contributed by atoms with van der Waals surface area (Å²) in [6.07, 6.45) is 0. The maximum absolute atomic E-state index is 2.56. The first-order valence-corrected chi connectivity index (χ1v) is 28.7. The Balaban J connectivity index is 0.999. The van der Waals surface area contributed by atoms with Crippen LogP contribution in [0.15, 0.2) is 309 Å². The summed E-state index contributed by atoms with van der Waals surface area (Å²) in [7, 11) is 0. The molecule has 0 aliphatic carbocycles. The van der Waals surface area contributed by atoms with Gasteiger partial charge < -0.3 is 18.9 Å². The lowest BCUT2D eigenvalue weighted by Crippen LogP contribution is -2.61. The summed E-state index contributed by atoms with van der Waals surface area (Å²) in [5, 5.41) is 4.91. The Bertz CT molecular complexity index is 4730. The van der Waals surface area contributed by atoms with Gasteiger partial charge in [0.2, 0.25) is 0 Å². The Morgan fingerprint density at radius 3 is 0.988 bits per heavy atom. The van der Waals surface area contributed by atoms with Gasteiger partial charge in [-0.2, -0.15) is 0 Å². The van der Waals surface area contributed by atoms with Crippen molar-refractivity contribution in [3.63, 3.8) is 0 Å². The van der Waals surface area contributed by atoms with E-state index in [-0.39, 0.29) is 6.71 Å². The monoisotopic (exact) mass is 1050 g/mol. The Morgan fingerprint density at radius 2 is 0.554 bits per heavy atom. The van der Waals surface area contributed by atoms with E-state index in [2.05, 4.69) is 328 Å². The molecular weight excluding hydrogens is 1000 g/mol. The first-order valence-electron chi connectivity index (χ1n) is 28.7. The van der Waals surface area contributed by atoms with Gasteiger partial charge in [-0.25, -0.2) is 0 Å². The minimum atomic E-state index is -0.199. The number of aromatic nitrogens is 2. The zero-order valence-corrected chi connectivity index (χ0v) is 45.3. The second-order valence-corrected chi connectivity index (χ2v) is 21.9. The van der Waals surface area contributed by atoms with Crippen LogP contribution in [0.3, 0.4) is 0 Å². The van der Waals surface area contributed by atoms with Crippen molar-refractivity contribution in [2.75, 3.05) is 9.80 Å². The van der Waals surface area contributed by atoms with Crippen molar-refractivity contribution in [2.24, 2.45) is 0 Å². The van der Waals surface area contributed by atoms with Gasteiger partial charge in [0.05, 0.1) is 33.4 Å². The molecular formula is C78H51BN4. The highest BCUT2D eigenvalue weighted by Crippen LogP contribution is 2.49. The number of hydrogen-bond acceptors (Lipinski definition) is 2. The molecule has 83 heavy (non-hydrogen) atoms. The van der Waals surface area contributed by atoms with Crippen molar-refractivity contribution in [2.45, 2.75) is 0 Å². The van der Waals surface area contributed by atoms with Crippen molar-refractivity contribution in [1.29, 1.82) is 0 Å². The third-order valence-electron chi connectivity index (χ3n) is 17.5. The molecule has 4 heterocycles. The van der Waals surface area contributed by atoms with E-state index in [1.165, 1.54) is 105 Å². The van der Waals surface area contributed by atoms with Crippen LogP contribution in [0.25, 0.3) is 99.5 Å². The lowest BCUT2D eigenvalue weighted by molar-refractivity contribution is 1.17. The molecule has 0 fully saturated rings. The van der Waals surface area contributed by atoms with E-state index in [1.807, 2.05) is 0 Å². The van der Waals surface area contributed by atoms with Gasteiger partial charge in [-0.15, -0.1) is 0 Å². The van der Waals surface area contributed by atoms with E-state index in [9.17, 15) is 0 Å². The first kappa shape index (κ1) is 47.0. The predicted molar refractivity (Wildman–Crippen MR) is 351 cm³/mol. The third-order valence-corrected chi connectivity index (χ3v) is 17.5. The number of fused-ring (bicyclic) bond motifs is 10. The molecule has 2 aromatic heterocycles. The smallest absolute Gasteiger partial charge is 0.252 e. The molecule has 0 amide bonds. The molecule has 0 unspecified atom stereocenters. The quantitative estimate of drug-likeness (QED) is 0.141. The zero-order valence-electron chi connectivity index (χ0n) is 45.3. The molecule has 0 radical (unpaired) electrons. The van der Waals surface area contributed by atoms with Crippen LogP contribution in [0, 0.1) is 0 Å². The molecule has 0 saturated carbocycles. The predicted octanol–water partition coefficient (Wildman–Crippen LogP) is 18.6. The van der Waals surface area contributed by atoms with Crippen LogP contribution < -0.4 is 26.2 Å². The van der Waals surface area contributed by atoms with Crippen molar-refractivity contribution < 1.29 is 0 Å². The van der Waals surface area contributed by atoms with Crippen LogP contribution in [-0.4, -0.2) is 15.8 Å². The van der Waals surface area contributed by atoms with E-state index in [4.69, 9.17) is 0 Å². The second-order valence-electron chi connectivity index (χ2n) is 21.9. The fraction of sp³-hybridized carbons (Fsp3) is 0. The fourth-order valence-corrected chi connectivity index (χ4v) is 14.1. The Hall–Kier alpha value is -10.9. The number of benzene rings is 13. The Kier molecular flexibility index (Phi) is 10.7. The number of para-hydroxylation sites is 6. The Morgan fingerprint density at radius 1 is 0.229 bits per heavy atom. The highest BCUT2D eigenvalue weighted by Gasteiger charge is 2.44. The van der Waals surface area contributed by atoms with Gasteiger partial charge in [0.1, 0.15) is 0 Å². The first-order chi connectivity index (χ1) is 41.2. The number of anilines is 6. The molecule has 2 aliphatic heterocycles. The lowest BCUT2D eigenvalue weighted by Gasteiger charge is -2.45. The summed E-state index contributed by atoms with van der Waals surface area (Å²) >= 11 is 0. The van der Waals surface area contributed by atoms with Crippen LogP contribution in [0.2, 0.25) is 0 Å². The molecule has 5 heteroatoms. The molecule has 0 N–H and O–H groups in total. The molecule has 0 saturated heterocycles. The summed E-state index contributed by atoms with van der Waals surface area (Å²) in [6, 6.07) is 114. The number of nitrogens with zero attached hydrogens (tertiary/aromatic N) is 4. The fourth-order valence-electron chi connectivity index (χ4n) is 14.1. The number of rotatable bonds is 8. The molecule has 0 bridgehead atoms. The van der Waals surface area contributed by atoms with Gasteiger partial charge in [-0.05, 0) is 111 Å². The van der Waals surface area contributed by atoms with E-state index < -0.39 is 0 Å².